The van der Waals surface area contributed by atoms with Crippen LogP contribution in [-0.4, -0.2) is 40.2 Å². The van der Waals surface area contributed by atoms with Crippen LogP contribution in [0, 0.1) is 0 Å². The van der Waals surface area contributed by atoms with Crippen LogP contribution in [0.25, 0.3) is 5.76 Å². The summed E-state index contributed by atoms with van der Waals surface area (Å²) in [4.78, 5) is 28.9. The van der Waals surface area contributed by atoms with Gasteiger partial charge >= 0.3 is 5.91 Å². The SMILES string of the molecule is CCOc1ccc(/C(O)=C2\C(=O)C(=O)N(c3nnc(SCc4ccc(Cl)cc4)s3)C2c2ccc(OCc3ccccc3)c(OCC)c2)cc1. The molecule has 0 radical (unpaired) electrons. The van der Waals surface area contributed by atoms with Gasteiger partial charge in [-0.2, -0.15) is 0 Å². The van der Waals surface area contributed by atoms with Gasteiger partial charge in [0.25, 0.3) is 5.78 Å². The number of ether oxygens (including phenoxy) is 3. The molecule has 1 N–H and O–H groups in total. The number of aromatic nitrogens is 2. The van der Waals surface area contributed by atoms with Crippen molar-refractivity contribution >= 4 is 57.3 Å². The van der Waals surface area contributed by atoms with Crippen molar-refractivity contribution in [3.05, 3.63) is 130 Å². The first-order valence-electron chi connectivity index (χ1n) is 15.5. The quantitative estimate of drug-likeness (QED) is 0.0422. The number of carbonyl (C=O) groups excluding carboxylic acids is 2. The predicted molar refractivity (Wildman–Crippen MR) is 192 cm³/mol. The van der Waals surface area contributed by atoms with Crippen LogP contribution >= 0.6 is 34.7 Å². The number of carbonyl (C=O) groups is 2. The highest BCUT2D eigenvalue weighted by Gasteiger charge is 2.48. The third kappa shape index (κ3) is 7.75. The Bertz CT molecular complexity index is 1970. The third-order valence-corrected chi connectivity index (χ3v) is 9.96. The highest BCUT2D eigenvalue weighted by atomic mass is 35.5. The molecule has 12 heteroatoms. The van der Waals surface area contributed by atoms with E-state index in [1.54, 1.807) is 42.5 Å². The van der Waals surface area contributed by atoms with Crippen molar-refractivity contribution in [2.45, 2.75) is 36.6 Å². The molecule has 2 heterocycles. The topological polar surface area (TPSA) is 111 Å². The molecule has 5 aromatic rings. The van der Waals surface area contributed by atoms with Crippen LogP contribution in [0.1, 0.15) is 42.1 Å². The number of hydrogen-bond acceptors (Lipinski definition) is 10. The lowest BCUT2D eigenvalue weighted by molar-refractivity contribution is -0.132. The highest BCUT2D eigenvalue weighted by Crippen LogP contribution is 2.46. The summed E-state index contributed by atoms with van der Waals surface area (Å²) in [5, 5.41) is 21.1. The molecule has 250 valence electrons. The summed E-state index contributed by atoms with van der Waals surface area (Å²) in [7, 11) is 0. The van der Waals surface area contributed by atoms with Crippen LogP contribution in [0.3, 0.4) is 0 Å². The number of benzene rings is 4. The third-order valence-electron chi connectivity index (χ3n) is 7.58. The van der Waals surface area contributed by atoms with E-state index in [4.69, 9.17) is 25.8 Å². The van der Waals surface area contributed by atoms with Crippen LogP contribution in [-0.2, 0) is 21.9 Å². The van der Waals surface area contributed by atoms with Crippen molar-refractivity contribution in [1.29, 1.82) is 0 Å². The summed E-state index contributed by atoms with van der Waals surface area (Å²) in [6.07, 6.45) is 0. The van der Waals surface area contributed by atoms with Crippen molar-refractivity contribution in [3.63, 3.8) is 0 Å². The number of aliphatic hydroxyl groups excluding tert-OH is 1. The van der Waals surface area contributed by atoms with Crippen LogP contribution in [0.2, 0.25) is 5.02 Å². The molecule has 1 amide bonds. The van der Waals surface area contributed by atoms with E-state index in [-0.39, 0.29) is 16.5 Å². The molecule has 0 aliphatic carbocycles. The Hall–Kier alpha value is -4.84. The monoisotopic (exact) mass is 713 g/mol. The Kier molecular flexibility index (Phi) is 10.8. The lowest BCUT2D eigenvalue weighted by Gasteiger charge is -2.23. The van der Waals surface area contributed by atoms with E-state index in [9.17, 15) is 14.7 Å². The second-order valence-corrected chi connectivity index (χ2v) is 13.4. The number of amides is 1. The Morgan fingerprint density at radius 1 is 0.857 bits per heavy atom. The van der Waals surface area contributed by atoms with Crippen molar-refractivity contribution in [2.75, 3.05) is 18.1 Å². The van der Waals surface area contributed by atoms with Gasteiger partial charge in [0, 0.05) is 16.3 Å². The minimum Gasteiger partial charge on any atom is -0.507 e. The van der Waals surface area contributed by atoms with Crippen molar-refractivity contribution in [1.82, 2.24) is 10.2 Å². The van der Waals surface area contributed by atoms with Gasteiger partial charge in [-0.15, -0.1) is 10.2 Å². The Morgan fingerprint density at radius 2 is 1.59 bits per heavy atom. The van der Waals surface area contributed by atoms with E-state index in [2.05, 4.69) is 10.2 Å². The summed E-state index contributed by atoms with van der Waals surface area (Å²) in [5.41, 5.74) is 2.82. The molecular formula is C37H32ClN3O6S2. The normalized spacial score (nSPS) is 15.4. The fraction of sp³-hybridized carbons (Fsp3) is 0.189. The average molecular weight is 714 g/mol. The molecular weight excluding hydrogens is 682 g/mol. The molecule has 0 bridgehead atoms. The summed E-state index contributed by atoms with van der Waals surface area (Å²) < 4.78 is 18.3. The molecule has 1 aliphatic heterocycles. The number of ketones is 1. The first kappa shape index (κ1) is 34.0. The van der Waals surface area contributed by atoms with Gasteiger partial charge in [-0.3, -0.25) is 14.5 Å². The standard InChI is InChI=1S/C37H32ClN3O6S2/c1-3-45-28-17-12-25(13-18-28)33(42)31-32(26-14-19-29(30(20-26)46-4-2)47-21-23-8-6-5-7-9-23)41(35(44)34(31)43)36-39-40-37(49-36)48-22-24-10-15-27(38)16-11-24/h5-20,32,42H,3-4,21-22H2,1-2H3/b33-31+. The number of thioether (sulfide) groups is 1. The van der Waals surface area contributed by atoms with Crippen molar-refractivity contribution < 1.29 is 28.9 Å². The number of halogens is 1. The van der Waals surface area contributed by atoms with E-state index in [0.717, 1.165) is 11.1 Å². The number of Topliss-reactive ketones (excluding diaryl/α,β-unsaturated/α-hetero) is 1. The first-order valence-corrected chi connectivity index (χ1v) is 17.7. The molecule has 0 spiro atoms. The van der Waals surface area contributed by atoms with Crippen LogP contribution in [0.15, 0.2) is 107 Å². The minimum atomic E-state index is -1.03. The van der Waals surface area contributed by atoms with Crippen molar-refractivity contribution in [2.24, 2.45) is 0 Å². The fourth-order valence-electron chi connectivity index (χ4n) is 5.28. The van der Waals surface area contributed by atoms with Gasteiger partial charge in [0.2, 0.25) is 5.13 Å². The maximum atomic E-state index is 13.8. The zero-order chi connectivity index (χ0) is 34.3. The van der Waals surface area contributed by atoms with Crippen LogP contribution < -0.4 is 19.1 Å². The Balaban J connectivity index is 1.39. The second kappa shape index (κ2) is 15.6. The molecule has 49 heavy (non-hydrogen) atoms. The van der Waals surface area contributed by atoms with Gasteiger partial charge in [0.05, 0.1) is 24.8 Å². The maximum Gasteiger partial charge on any atom is 0.301 e. The molecule has 0 saturated carbocycles. The minimum absolute atomic E-state index is 0.0832. The van der Waals surface area contributed by atoms with E-state index < -0.39 is 17.7 Å². The summed E-state index contributed by atoms with van der Waals surface area (Å²) in [6, 6.07) is 28.1. The Morgan fingerprint density at radius 3 is 2.31 bits per heavy atom. The summed E-state index contributed by atoms with van der Waals surface area (Å²) >= 11 is 8.67. The fourth-order valence-corrected chi connectivity index (χ4v) is 7.23. The van der Waals surface area contributed by atoms with E-state index in [1.807, 2.05) is 68.4 Å². The number of hydrogen-bond donors (Lipinski definition) is 1. The molecule has 1 atom stereocenters. The summed E-state index contributed by atoms with van der Waals surface area (Å²) in [6.45, 7) is 4.88. The smallest absolute Gasteiger partial charge is 0.301 e. The molecule has 1 aromatic heterocycles. The number of anilines is 1. The van der Waals surface area contributed by atoms with Crippen molar-refractivity contribution in [3.8, 4) is 17.2 Å². The molecule has 4 aromatic carbocycles. The molecule has 9 nitrogen and oxygen atoms in total. The predicted octanol–water partition coefficient (Wildman–Crippen LogP) is 8.49. The zero-order valence-electron chi connectivity index (χ0n) is 26.7. The van der Waals surface area contributed by atoms with Crippen LogP contribution in [0.4, 0.5) is 5.13 Å². The molecule has 1 saturated heterocycles. The Labute approximate surface area is 297 Å². The first-order chi connectivity index (χ1) is 23.9. The summed E-state index contributed by atoms with van der Waals surface area (Å²) in [5.74, 6) is 0.149. The lowest BCUT2D eigenvalue weighted by atomic mass is 9.95. The van der Waals surface area contributed by atoms with E-state index in [1.165, 1.54) is 28.0 Å². The van der Waals surface area contributed by atoms with Gasteiger partial charge in [-0.05, 0) is 79.1 Å². The van der Waals surface area contributed by atoms with Crippen LogP contribution in [0.5, 0.6) is 17.2 Å². The van der Waals surface area contributed by atoms with Gasteiger partial charge in [0.1, 0.15) is 18.1 Å². The largest absolute Gasteiger partial charge is 0.507 e. The zero-order valence-corrected chi connectivity index (χ0v) is 29.1. The van der Waals surface area contributed by atoms with E-state index in [0.29, 0.717) is 63.3 Å². The molecule has 6 rings (SSSR count). The highest BCUT2D eigenvalue weighted by molar-refractivity contribution is 8.00. The number of nitrogens with zero attached hydrogens (tertiary/aromatic N) is 3. The molecule has 1 fully saturated rings. The maximum absolute atomic E-state index is 13.8. The van der Waals surface area contributed by atoms with Gasteiger partial charge < -0.3 is 19.3 Å². The second-order valence-electron chi connectivity index (χ2n) is 10.8. The molecule has 1 aliphatic rings. The lowest BCUT2D eigenvalue weighted by Crippen LogP contribution is -2.29. The number of rotatable bonds is 13. The number of aliphatic hydroxyl groups is 1. The van der Waals surface area contributed by atoms with E-state index >= 15 is 0 Å². The molecule has 1 unspecified atom stereocenters. The van der Waals surface area contributed by atoms with Gasteiger partial charge in [0.15, 0.2) is 15.8 Å². The van der Waals surface area contributed by atoms with Gasteiger partial charge in [-0.25, -0.2) is 0 Å². The van der Waals surface area contributed by atoms with Gasteiger partial charge in [-0.1, -0.05) is 83.2 Å². The average Bonchev–Trinajstić information content (AvgIpc) is 3.69.